The SMILES string of the molecule is CCCCc1c(NC(=O)OC)ccc(N[C@@H]2CCC[C@@H](C(=O)OCC)C2)c1N. The third-order valence-corrected chi connectivity index (χ3v) is 5.21. The van der Waals surface area contributed by atoms with Gasteiger partial charge >= 0.3 is 12.1 Å². The van der Waals surface area contributed by atoms with Crippen molar-refractivity contribution in [2.24, 2.45) is 5.92 Å². The van der Waals surface area contributed by atoms with Crippen molar-refractivity contribution in [2.75, 3.05) is 30.1 Å². The maximum absolute atomic E-state index is 12.1. The molecule has 1 fully saturated rings. The van der Waals surface area contributed by atoms with Crippen LogP contribution in [0.5, 0.6) is 0 Å². The summed E-state index contributed by atoms with van der Waals surface area (Å²) in [6.07, 6.45) is 5.83. The number of unbranched alkanes of at least 4 members (excludes halogenated alkanes) is 1. The summed E-state index contributed by atoms with van der Waals surface area (Å²) in [4.78, 5) is 23.7. The number of methoxy groups -OCH3 is 1. The summed E-state index contributed by atoms with van der Waals surface area (Å²) in [5.74, 6) is -0.171. The molecule has 156 valence electrons. The lowest BCUT2D eigenvalue weighted by Crippen LogP contribution is -2.32. The van der Waals surface area contributed by atoms with E-state index in [1.807, 2.05) is 19.1 Å². The Labute approximate surface area is 167 Å². The molecule has 28 heavy (non-hydrogen) atoms. The quantitative estimate of drug-likeness (QED) is 0.450. The fraction of sp³-hybridized carbons (Fsp3) is 0.619. The summed E-state index contributed by atoms with van der Waals surface area (Å²) in [6, 6.07) is 3.90. The van der Waals surface area contributed by atoms with Crippen LogP contribution in [0.15, 0.2) is 12.1 Å². The molecule has 1 aromatic carbocycles. The number of benzene rings is 1. The number of hydrogen-bond donors (Lipinski definition) is 3. The zero-order valence-electron chi connectivity index (χ0n) is 17.2. The maximum atomic E-state index is 12.1. The van der Waals surface area contributed by atoms with Crippen LogP contribution in [0.1, 0.15) is 57.9 Å². The van der Waals surface area contributed by atoms with E-state index < -0.39 is 6.09 Å². The summed E-state index contributed by atoms with van der Waals surface area (Å²) >= 11 is 0. The summed E-state index contributed by atoms with van der Waals surface area (Å²) in [5.41, 5.74) is 9.53. The first-order valence-electron chi connectivity index (χ1n) is 10.2. The van der Waals surface area contributed by atoms with Crippen LogP contribution in [0.4, 0.5) is 21.9 Å². The Balaban J connectivity index is 2.16. The van der Waals surface area contributed by atoms with Crippen LogP contribution in [0.25, 0.3) is 0 Å². The average Bonchev–Trinajstić information content (AvgIpc) is 2.70. The number of esters is 1. The molecule has 0 aromatic heterocycles. The molecule has 2 rings (SSSR count). The first-order chi connectivity index (χ1) is 13.5. The molecule has 1 aliphatic rings. The molecule has 1 aromatic rings. The molecule has 0 unspecified atom stereocenters. The molecule has 1 saturated carbocycles. The highest BCUT2D eigenvalue weighted by molar-refractivity contribution is 5.89. The van der Waals surface area contributed by atoms with Gasteiger partial charge in [-0.25, -0.2) is 4.79 Å². The zero-order valence-corrected chi connectivity index (χ0v) is 17.2. The van der Waals surface area contributed by atoms with E-state index in [1.165, 1.54) is 7.11 Å². The number of carbonyl (C=O) groups is 2. The van der Waals surface area contributed by atoms with E-state index in [0.29, 0.717) is 18.0 Å². The standard InChI is InChI=1S/C21H33N3O4/c1-4-6-10-16-17(24-21(26)27-3)11-12-18(19(16)22)23-15-9-7-8-14(13-15)20(25)28-5-2/h11-12,14-15,23H,4-10,13,22H2,1-3H3,(H,24,26)/t14-,15-/m1/s1. The molecule has 1 aliphatic carbocycles. The third-order valence-electron chi connectivity index (χ3n) is 5.21. The minimum atomic E-state index is -0.512. The largest absolute Gasteiger partial charge is 0.466 e. The first kappa shape index (κ1) is 21.9. The molecule has 1 amide bonds. The Bertz CT molecular complexity index is 678. The minimum absolute atomic E-state index is 0.0627. The molecular weight excluding hydrogens is 358 g/mol. The van der Waals surface area contributed by atoms with Gasteiger partial charge in [0.1, 0.15) is 0 Å². The van der Waals surface area contributed by atoms with Gasteiger partial charge in [0.15, 0.2) is 0 Å². The van der Waals surface area contributed by atoms with Crippen molar-refractivity contribution in [2.45, 2.75) is 64.8 Å². The fourth-order valence-electron chi connectivity index (χ4n) is 3.71. The second-order valence-electron chi connectivity index (χ2n) is 7.23. The van der Waals surface area contributed by atoms with Gasteiger partial charge in [0.25, 0.3) is 0 Å². The molecule has 0 saturated heterocycles. The van der Waals surface area contributed by atoms with Crippen LogP contribution in [0, 0.1) is 5.92 Å². The Morgan fingerprint density at radius 1 is 1.21 bits per heavy atom. The van der Waals surface area contributed by atoms with E-state index in [2.05, 4.69) is 17.6 Å². The van der Waals surface area contributed by atoms with Crippen LogP contribution in [-0.2, 0) is 20.7 Å². The smallest absolute Gasteiger partial charge is 0.411 e. The van der Waals surface area contributed by atoms with Crippen molar-refractivity contribution in [3.8, 4) is 0 Å². The van der Waals surface area contributed by atoms with Gasteiger partial charge in [0, 0.05) is 17.3 Å². The molecule has 0 heterocycles. The zero-order chi connectivity index (χ0) is 20.5. The number of nitrogens with one attached hydrogen (secondary N) is 2. The highest BCUT2D eigenvalue weighted by Gasteiger charge is 2.28. The van der Waals surface area contributed by atoms with E-state index in [4.69, 9.17) is 15.2 Å². The molecule has 4 N–H and O–H groups in total. The van der Waals surface area contributed by atoms with Crippen LogP contribution >= 0.6 is 0 Å². The van der Waals surface area contributed by atoms with E-state index in [1.54, 1.807) is 0 Å². The van der Waals surface area contributed by atoms with Crippen molar-refractivity contribution in [1.29, 1.82) is 0 Å². The second-order valence-corrected chi connectivity index (χ2v) is 7.23. The highest BCUT2D eigenvalue weighted by atomic mass is 16.5. The normalized spacial score (nSPS) is 19.0. The fourth-order valence-corrected chi connectivity index (χ4v) is 3.71. The van der Waals surface area contributed by atoms with Gasteiger partial charge in [-0.3, -0.25) is 10.1 Å². The number of anilines is 3. The number of rotatable bonds is 8. The summed E-state index contributed by atoms with van der Waals surface area (Å²) in [7, 11) is 1.34. The van der Waals surface area contributed by atoms with Crippen LogP contribution < -0.4 is 16.4 Å². The Hall–Kier alpha value is -2.44. The lowest BCUT2D eigenvalue weighted by atomic mass is 9.85. The number of hydrogen-bond acceptors (Lipinski definition) is 6. The van der Waals surface area contributed by atoms with E-state index >= 15 is 0 Å². The number of nitrogens with two attached hydrogens (primary N) is 1. The predicted molar refractivity (Wildman–Crippen MR) is 111 cm³/mol. The van der Waals surface area contributed by atoms with Crippen LogP contribution in [0.3, 0.4) is 0 Å². The van der Waals surface area contributed by atoms with E-state index in [9.17, 15) is 9.59 Å². The Kier molecular flexibility index (Phi) is 8.42. The molecule has 0 radical (unpaired) electrons. The molecule has 7 nitrogen and oxygen atoms in total. The van der Waals surface area contributed by atoms with Gasteiger partial charge in [-0.2, -0.15) is 0 Å². The molecule has 0 bridgehead atoms. The average molecular weight is 392 g/mol. The van der Waals surface area contributed by atoms with Crippen molar-refractivity contribution >= 4 is 29.1 Å². The number of amides is 1. The summed E-state index contributed by atoms with van der Waals surface area (Å²) in [6.45, 7) is 4.36. The van der Waals surface area contributed by atoms with Gasteiger partial charge in [-0.15, -0.1) is 0 Å². The van der Waals surface area contributed by atoms with Gasteiger partial charge in [0.05, 0.1) is 31.0 Å². The molecule has 2 atom stereocenters. The minimum Gasteiger partial charge on any atom is -0.466 e. The van der Waals surface area contributed by atoms with Gasteiger partial charge in [0.2, 0.25) is 0 Å². The molecule has 0 aliphatic heterocycles. The van der Waals surface area contributed by atoms with E-state index in [0.717, 1.165) is 56.2 Å². The number of carbonyl (C=O) groups excluding carboxylic acids is 2. The number of ether oxygens (including phenoxy) is 2. The monoisotopic (exact) mass is 391 g/mol. The highest BCUT2D eigenvalue weighted by Crippen LogP contribution is 2.34. The second kappa shape index (κ2) is 10.8. The van der Waals surface area contributed by atoms with Crippen LogP contribution in [0.2, 0.25) is 0 Å². The Morgan fingerprint density at radius 3 is 2.64 bits per heavy atom. The Morgan fingerprint density at radius 2 is 1.96 bits per heavy atom. The van der Waals surface area contributed by atoms with Crippen molar-refractivity contribution in [3.63, 3.8) is 0 Å². The maximum Gasteiger partial charge on any atom is 0.411 e. The van der Waals surface area contributed by atoms with E-state index in [-0.39, 0.29) is 17.9 Å². The summed E-state index contributed by atoms with van der Waals surface area (Å²) < 4.78 is 9.90. The van der Waals surface area contributed by atoms with Gasteiger partial charge in [-0.05, 0) is 51.2 Å². The molecule has 0 spiro atoms. The lowest BCUT2D eigenvalue weighted by Gasteiger charge is -2.30. The number of nitrogen functional groups attached to an aromatic ring is 1. The first-order valence-corrected chi connectivity index (χ1v) is 10.2. The predicted octanol–water partition coefficient (Wildman–Crippen LogP) is 4.32. The van der Waals surface area contributed by atoms with Gasteiger partial charge in [-0.1, -0.05) is 19.8 Å². The van der Waals surface area contributed by atoms with Crippen molar-refractivity contribution in [3.05, 3.63) is 17.7 Å². The lowest BCUT2D eigenvalue weighted by molar-refractivity contribution is -0.149. The molecule has 7 heteroatoms. The third kappa shape index (κ3) is 5.78. The molecular formula is C21H33N3O4. The van der Waals surface area contributed by atoms with Gasteiger partial charge < -0.3 is 20.5 Å². The van der Waals surface area contributed by atoms with Crippen LogP contribution in [-0.4, -0.2) is 31.8 Å². The summed E-state index contributed by atoms with van der Waals surface area (Å²) in [5, 5.41) is 6.26. The van der Waals surface area contributed by atoms with Crippen molar-refractivity contribution < 1.29 is 19.1 Å². The van der Waals surface area contributed by atoms with Crippen molar-refractivity contribution in [1.82, 2.24) is 0 Å². The topological polar surface area (TPSA) is 103 Å².